The van der Waals surface area contributed by atoms with Crippen LogP contribution in [-0.4, -0.2) is 29.4 Å². The smallest absolute Gasteiger partial charge is 0.198 e. The van der Waals surface area contributed by atoms with Crippen LogP contribution in [0.3, 0.4) is 0 Å². The lowest BCUT2D eigenvalue weighted by Crippen LogP contribution is -2.19. The molecule has 1 aromatic heterocycles. The van der Waals surface area contributed by atoms with Gasteiger partial charge < -0.3 is 15.0 Å². The summed E-state index contributed by atoms with van der Waals surface area (Å²) >= 11 is 0. The van der Waals surface area contributed by atoms with Crippen LogP contribution in [0.15, 0.2) is 53.5 Å². The van der Waals surface area contributed by atoms with Gasteiger partial charge in [0.25, 0.3) is 0 Å². The molecule has 2 N–H and O–H groups in total. The lowest BCUT2D eigenvalue weighted by molar-refractivity contribution is 0.457. The number of hydrogen-bond acceptors (Lipinski definition) is 3. The fraction of sp³-hybridized carbons (Fsp3) is 0.105. The SMILES string of the molecule is Oc1[nH]c2cc(F)ccc2c1C=Nc1ccc(N2CC=CC2)c(F)c1. The monoisotopic (exact) mass is 339 g/mol. The highest BCUT2D eigenvalue weighted by atomic mass is 19.1. The Morgan fingerprint density at radius 3 is 2.64 bits per heavy atom. The summed E-state index contributed by atoms with van der Waals surface area (Å²) in [6.45, 7) is 1.39. The van der Waals surface area contributed by atoms with Crippen LogP contribution in [-0.2, 0) is 0 Å². The number of benzene rings is 2. The van der Waals surface area contributed by atoms with Crippen molar-refractivity contribution < 1.29 is 13.9 Å². The fourth-order valence-electron chi connectivity index (χ4n) is 2.95. The molecule has 0 fully saturated rings. The lowest BCUT2D eigenvalue weighted by atomic mass is 10.2. The normalized spacial score (nSPS) is 14.2. The average molecular weight is 339 g/mol. The van der Waals surface area contributed by atoms with Crippen molar-refractivity contribution in [2.24, 2.45) is 4.99 Å². The minimum Gasteiger partial charge on any atom is -0.494 e. The van der Waals surface area contributed by atoms with Gasteiger partial charge in [-0.3, -0.25) is 4.99 Å². The number of aromatic amines is 1. The van der Waals surface area contributed by atoms with E-state index in [1.54, 1.807) is 18.2 Å². The molecule has 126 valence electrons. The Kier molecular flexibility index (Phi) is 3.72. The van der Waals surface area contributed by atoms with E-state index in [9.17, 15) is 13.9 Å². The Bertz CT molecular complexity index is 999. The third-order valence-corrected chi connectivity index (χ3v) is 4.21. The van der Waals surface area contributed by atoms with Crippen molar-refractivity contribution in [1.29, 1.82) is 0 Å². The van der Waals surface area contributed by atoms with Gasteiger partial charge in [-0.2, -0.15) is 0 Å². The summed E-state index contributed by atoms with van der Waals surface area (Å²) < 4.78 is 27.6. The first kappa shape index (κ1) is 15.4. The molecule has 0 radical (unpaired) electrons. The zero-order chi connectivity index (χ0) is 17.4. The summed E-state index contributed by atoms with van der Waals surface area (Å²) in [4.78, 5) is 8.86. The predicted molar refractivity (Wildman–Crippen MR) is 94.9 cm³/mol. The third kappa shape index (κ3) is 2.87. The highest BCUT2D eigenvalue weighted by molar-refractivity contribution is 6.02. The van der Waals surface area contributed by atoms with Crippen molar-refractivity contribution in [2.75, 3.05) is 18.0 Å². The van der Waals surface area contributed by atoms with Gasteiger partial charge in [-0.05, 0) is 30.3 Å². The van der Waals surface area contributed by atoms with Gasteiger partial charge in [0, 0.05) is 30.8 Å². The number of nitrogens with zero attached hydrogens (tertiary/aromatic N) is 2. The zero-order valence-corrected chi connectivity index (χ0v) is 13.2. The molecule has 25 heavy (non-hydrogen) atoms. The van der Waals surface area contributed by atoms with Crippen LogP contribution in [0.25, 0.3) is 10.9 Å². The first-order chi connectivity index (χ1) is 12.1. The largest absolute Gasteiger partial charge is 0.494 e. The maximum atomic E-state index is 14.3. The van der Waals surface area contributed by atoms with Gasteiger partial charge in [0.15, 0.2) is 5.88 Å². The van der Waals surface area contributed by atoms with Gasteiger partial charge in [0.05, 0.1) is 22.5 Å². The molecule has 1 aliphatic rings. The molecule has 0 amide bonds. The number of anilines is 1. The molecule has 0 atom stereocenters. The van der Waals surface area contributed by atoms with Crippen LogP contribution in [0.5, 0.6) is 5.88 Å². The van der Waals surface area contributed by atoms with E-state index < -0.39 is 5.82 Å². The quantitative estimate of drug-likeness (QED) is 0.553. The molecular weight excluding hydrogens is 324 g/mol. The van der Waals surface area contributed by atoms with Gasteiger partial charge in [-0.1, -0.05) is 12.2 Å². The number of aromatic nitrogens is 1. The van der Waals surface area contributed by atoms with Crippen LogP contribution >= 0.6 is 0 Å². The topological polar surface area (TPSA) is 51.6 Å². The Hall–Kier alpha value is -3.15. The lowest BCUT2D eigenvalue weighted by Gasteiger charge is -2.18. The Labute approximate surface area is 142 Å². The first-order valence-corrected chi connectivity index (χ1v) is 7.85. The number of H-pyrrole nitrogens is 1. The minimum absolute atomic E-state index is 0.107. The Morgan fingerprint density at radius 1 is 1.08 bits per heavy atom. The van der Waals surface area contributed by atoms with Crippen molar-refractivity contribution in [3.63, 3.8) is 0 Å². The molecule has 3 aromatic rings. The Morgan fingerprint density at radius 2 is 1.88 bits per heavy atom. The molecule has 1 aliphatic heterocycles. The second-order valence-electron chi connectivity index (χ2n) is 5.85. The van der Waals surface area contributed by atoms with E-state index in [0.29, 0.717) is 40.9 Å². The number of aromatic hydroxyl groups is 1. The zero-order valence-electron chi connectivity index (χ0n) is 13.2. The predicted octanol–water partition coefficient (Wildman–Crippen LogP) is 4.28. The van der Waals surface area contributed by atoms with Crippen molar-refractivity contribution in [3.05, 3.63) is 65.7 Å². The summed E-state index contributed by atoms with van der Waals surface area (Å²) in [5.74, 6) is -0.848. The molecule has 6 heteroatoms. The second-order valence-corrected chi connectivity index (χ2v) is 5.85. The molecule has 4 nitrogen and oxygen atoms in total. The van der Waals surface area contributed by atoms with Crippen molar-refractivity contribution in [2.45, 2.75) is 0 Å². The molecule has 2 heterocycles. The first-order valence-electron chi connectivity index (χ1n) is 7.85. The van der Waals surface area contributed by atoms with Gasteiger partial charge in [-0.15, -0.1) is 0 Å². The van der Waals surface area contributed by atoms with E-state index in [4.69, 9.17) is 0 Å². The Balaban J connectivity index is 1.64. The van der Waals surface area contributed by atoms with E-state index in [1.165, 1.54) is 24.4 Å². The maximum absolute atomic E-state index is 14.3. The molecule has 2 aromatic carbocycles. The van der Waals surface area contributed by atoms with E-state index >= 15 is 0 Å². The van der Waals surface area contributed by atoms with Crippen LogP contribution in [0.2, 0.25) is 0 Å². The number of halogens is 2. The number of nitrogens with one attached hydrogen (secondary N) is 1. The van der Waals surface area contributed by atoms with Crippen LogP contribution < -0.4 is 4.90 Å². The average Bonchev–Trinajstić information content (AvgIpc) is 3.20. The summed E-state index contributed by atoms with van der Waals surface area (Å²) in [5.41, 5.74) is 1.88. The molecule has 0 spiro atoms. The van der Waals surface area contributed by atoms with E-state index in [-0.39, 0.29) is 11.7 Å². The van der Waals surface area contributed by atoms with Gasteiger partial charge in [0.1, 0.15) is 11.6 Å². The molecule has 0 saturated heterocycles. The summed E-state index contributed by atoms with van der Waals surface area (Å²) in [6.07, 6.45) is 5.43. The fourth-order valence-corrected chi connectivity index (χ4v) is 2.95. The van der Waals surface area contributed by atoms with Gasteiger partial charge in [0.2, 0.25) is 0 Å². The van der Waals surface area contributed by atoms with E-state index in [0.717, 1.165) is 0 Å². The number of fused-ring (bicyclic) bond motifs is 1. The molecule has 0 aliphatic carbocycles. The third-order valence-electron chi connectivity index (χ3n) is 4.21. The van der Waals surface area contributed by atoms with Crippen LogP contribution in [0.1, 0.15) is 5.56 Å². The van der Waals surface area contributed by atoms with E-state index in [1.807, 2.05) is 17.1 Å². The number of hydrogen-bond donors (Lipinski definition) is 2. The van der Waals surface area contributed by atoms with Gasteiger partial charge in [-0.25, -0.2) is 8.78 Å². The van der Waals surface area contributed by atoms with Crippen molar-refractivity contribution >= 4 is 28.5 Å². The molecule has 0 saturated carbocycles. The van der Waals surface area contributed by atoms with Crippen molar-refractivity contribution in [3.8, 4) is 5.88 Å². The number of rotatable bonds is 3. The highest BCUT2D eigenvalue weighted by Crippen LogP contribution is 2.28. The maximum Gasteiger partial charge on any atom is 0.198 e. The minimum atomic E-state index is -0.397. The molecule has 0 bridgehead atoms. The van der Waals surface area contributed by atoms with Crippen molar-refractivity contribution in [1.82, 2.24) is 4.98 Å². The molecule has 4 rings (SSSR count). The number of aliphatic imine (C=N–C) groups is 1. The highest BCUT2D eigenvalue weighted by Gasteiger charge is 2.13. The second kappa shape index (κ2) is 6.05. The standard InChI is InChI=1S/C19H15F2N3O/c20-12-3-5-14-15(19(25)23-17(14)9-12)11-22-13-4-6-18(16(21)10-13)24-7-1-2-8-24/h1-6,9-11,23,25H,7-8H2. The molecular formula is C19H15F2N3O. The summed E-state index contributed by atoms with van der Waals surface area (Å²) in [5, 5.41) is 10.6. The molecule has 0 unspecified atom stereocenters. The summed E-state index contributed by atoms with van der Waals surface area (Å²) in [6, 6.07) is 8.94. The van der Waals surface area contributed by atoms with E-state index in [2.05, 4.69) is 9.98 Å². The van der Waals surface area contributed by atoms with Crippen LogP contribution in [0, 0.1) is 11.6 Å². The van der Waals surface area contributed by atoms with Gasteiger partial charge >= 0.3 is 0 Å². The van der Waals surface area contributed by atoms with Crippen LogP contribution in [0.4, 0.5) is 20.2 Å². The summed E-state index contributed by atoms with van der Waals surface area (Å²) in [7, 11) is 0.